The van der Waals surface area contributed by atoms with E-state index in [0.717, 1.165) is 11.3 Å². The lowest BCUT2D eigenvalue weighted by Gasteiger charge is -2.18. The normalized spacial score (nSPS) is 12.2. The van der Waals surface area contributed by atoms with Gasteiger partial charge in [0, 0.05) is 11.6 Å². The van der Waals surface area contributed by atoms with E-state index in [1.54, 1.807) is 25.3 Å². The molecule has 20 heavy (non-hydrogen) atoms. The number of benzene rings is 2. The second-order valence-corrected chi connectivity index (χ2v) is 4.94. The van der Waals surface area contributed by atoms with Gasteiger partial charge in [-0.05, 0) is 37.2 Å². The minimum atomic E-state index is -0.359. The maximum Gasteiger partial charge on any atom is 0.146 e. The van der Waals surface area contributed by atoms with Gasteiger partial charge < -0.3 is 10.1 Å². The monoisotopic (exact) mass is 293 g/mol. The van der Waals surface area contributed by atoms with Gasteiger partial charge in [-0.3, -0.25) is 0 Å². The number of rotatable bonds is 5. The predicted octanol–water partition coefficient (Wildman–Crippen LogP) is 3.99. The lowest BCUT2D eigenvalue weighted by molar-refractivity contribution is 0.414. The Labute approximate surface area is 123 Å². The SMILES string of the molecule is CNC(Cc1ccc(OC)cc1)c1cccc(Cl)c1F. The van der Waals surface area contributed by atoms with E-state index in [-0.39, 0.29) is 16.9 Å². The Kier molecular flexibility index (Phi) is 4.99. The minimum absolute atomic E-state index is 0.123. The van der Waals surface area contributed by atoms with Crippen LogP contribution in [0.3, 0.4) is 0 Å². The minimum Gasteiger partial charge on any atom is -0.497 e. The van der Waals surface area contributed by atoms with Crippen LogP contribution >= 0.6 is 11.6 Å². The van der Waals surface area contributed by atoms with E-state index >= 15 is 0 Å². The highest BCUT2D eigenvalue weighted by molar-refractivity contribution is 6.30. The van der Waals surface area contributed by atoms with Gasteiger partial charge in [-0.1, -0.05) is 35.9 Å². The lowest BCUT2D eigenvalue weighted by Crippen LogP contribution is -2.20. The van der Waals surface area contributed by atoms with Crippen molar-refractivity contribution in [2.75, 3.05) is 14.2 Å². The van der Waals surface area contributed by atoms with Crippen LogP contribution in [-0.4, -0.2) is 14.2 Å². The largest absolute Gasteiger partial charge is 0.497 e. The summed E-state index contributed by atoms with van der Waals surface area (Å²) in [5.74, 6) is 0.450. The molecule has 2 aromatic rings. The van der Waals surface area contributed by atoms with Crippen LogP contribution in [0.2, 0.25) is 5.02 Å². The molecule has 0 spiro atoms. The summed E-state index contributed by atoms with van der Waals surface area (Å²) < 4.78 is 19.2. The van der Waals surface area contributed by atoms with Gasteiger partial charge in [0.2, 0.25) is 0 Å². The van der Waals surface area contributed by atoms with Crippen LogP contribution < -0.4 is 10.1 Å². The van der Waals surface area contributed by atoms with Crippen molar-refractivity contribution in [1.29, 1.82) is 0 Å². The van der Waals surface area contributed by atoms with Crippen molar-refractivity contribution in [3.63, 3.8) is 0 Å². The smallest absolute Gasteiger partial charge is 0.146 e. The Balaban J connectivity index is 2.21. The number of nitrogens with one attached hydrogen (secondary N) is 1. The van der Waals surface area contributed by atoms with Gasteiger partial charge in [-0.15, -0.1) is 0 Å². The van der Waals surface area contributed by atoms with E-state index in [9.17, 15) is 4.39 Å². The molecule has 1 unspecified atom stereocenters. The first-order valence-electron chi connectivity index (χ1n) is 6.39. The highest BCUT2D eigenvalue weighted by Gasteiger charge is 2.16. The molecule has 0 fully saturated rings. The van der Waals surface area contributed by atoms with Crippen LogP contribution in [0.5, 0.6) is 5.75 Å². The molecule has 2 aromatic carbocycles. The number of likely N-dealkylation sites (N-methyl/N-ethyl adjacent to an activating group) is 1. The fraction of sp³-hybridized carbons (Fsp3) is 0.250. The molecule has 0 saturated heterocycles. The van der Waals surface area contributed by atoms with Crippen molar-refractivity contribution in [1.82, 2.24) is 5.32 Å². The average Bonchev–Trinajstić information content (AvgIpc) is 2.48. The van der Waals surface area contributed by atoms with Gasteiger partial charge in [-0.25, -0.2) is 4.39 Å². The predicted molar refractivity (Wildman–Crippen MR) is 79.9 cm³/mol. The molecule has 4 heteroatoms. The van der Waals surface area contributed by atoms with Crippen molar-refractivity contribution in [3.8, 4) is 5.75 Å². The zero-order valence-corrected chi connectivity index (χ0v) is 12.2. The number of halogens is 2. The van der Waals surface area contributed by atoms with Crippen molar-refractivity contribution in [3.05, 3.63) is 64.4 Å². The Morgan fingerprint density at radius 2 is 1.90 bits per heavy atom. The molecule has 0 aromatic heterocycles. The van der Waals surface area contributed by atoms with Gasteiger partial charge in [0.15, 0.2) is 0 Å². The van der Waals surface area contributed by atoms with E-state index in [0.29, 0.717) is 12.0 Å². The van der Waals surface area contributed by atoms with Crippen LogP contribution in [0, 0.1) is 5.82 Å². The molecule has 0 aliphatic rings. The third-order valence-corrected chi connectivity index (χ3v) is 3.60. The first-order chi connectivity index (χ1) is 9.65. The van der Waals surface area contributed by atoms with E-state index < -0.39 is 0 Å². The maximum atomic E-state index is 14.1. The summed E-state index contributed by atoms with van der Waals surface area (Å²) in [5.41, 5.74) is 1.68. The van der Waals surface area contributed by atoms with E-state index in [1.165, 1.54) is 0 Å². The average molecular weight is 294 g/mol. The van der Waals surface area contributed by atoms with E-state index in [2.05, 4.69) is 5.32 Å². The quantitative estimate of drug-likeness (QED) is 0.900. The van der Waals surface area contributed by atoms with Gasteiger partial charge >= 0.3 is 0 Å². The Morgan fingerprint density at radius 3 is 2.50 bits per heavy atom. The van der Waals surface area contributed by atoms with Crippen molar-refractivity contribution >= 4 is 11.6 Å². The first-order valence-corrected chi connectivity index (χ1v) is 6.77. The molecule has 2 nitrogen and oxygen atoms in total. The first kappa shape index (κ1) is 14.8. The molecule has 0 saturated carbocycles. The van der Waals surface area contributed by atoms with Crippen LogP contribution in [0.1, 0.15) is 17.2 Å². The summed E-state index contributed by atoms with van der Waals surface area (Å²) in [6, 6.07) is 12.7. The van der Waals surface area contributed by atoms with E-state index in [4.69, 9.17) is 16.3 Å². The van der Waals surface area contributed by atoms with Crippen LogP contribution in [-0.2, 0) is 6.42 Å². The zero-order chi connectivity index (χ0) is 14.5. The number of hydrogen-bond donors (Lipinski definition) is 1. The summed E-state index contributed by atoms with van der Waals surface area (Å²) in [5, 5.41) is 3.28. The van der Waals surface area contributed by atoms with Gasteiger partial charge in [0.05, 0.1) is 12.1 Å². The summed E-state index contributed by atoms with van der Waals surface area (Å²) in [4.78, 5) is 0. The molecule has 0 aliphatic heterocycles. The molecule has 0 heterocycles. The maximum absolute atomic E-state index is 14.1. The molecule has 2 rings (SSSR count). The number of ether oxygens (including phenoxy) is 1. The molecule has 0 amide bonds. The topological polar surface area (TPSA) is 21.3 Å². The van der Waals surface area contributed by atoms with Gasteiger partial charge in [0.1, 0.15) is 11.6 Å². The highest BCUT2D eigenvalue weighted by atomic mass is 35.5. The van der Waals surface area contributed by atoms with Crippen LogP contribution in [0.25, 0.3) is 0 Å². The molecule has 1 N–H and O–H groups in total. The number of methoxy groups -OCH3 is 1. The van der Waals surface area contributed by atoms with Crippen molar-refractivity contribution < 1.29 is 9.13 Å². The summed E-state index contributed by atoms with van der Waals surface area (Å²) in [6.07, 6.45) is 0.678. The van der Waals surface area contributed by atoms with Crippen molar-refractivity contribution in [2.24, 2.45) is 0 Å². The zero-order valence-electron chi connectivity index (χ0n) is 11.5. The second-order valence-electron chi connectivity index (χ2n) is 4.54. The Bertz CT molecular complexity index is 571. The third-order valence-electron chi connectivity index (χ3n) is 3.30. The molecule has 106 valence electrons. The fourth-order valence-corrected chi connectivity index (χ4v) is 2.34. The van der Waals surface area contributed by atoms with Crippen molar-refractivity contribution in [2.45, 2.75) is 12.5 Å². The third kappa shape index (κ3) is 3.30. The molecular weight excluding hydrogens is 277 g/mol. The van der Waals surface area contributed by atoms with Gasteiger partial charge in [0.25, 0.3) is 0 Å². The van der Waals surface area contributed by atoms with E-state index in [1.807, 2.05) is 31.3 Å². The van der Waals surface area contributed by atoms with Gasteiger partial charge in [-0.2, -0.15) is 0 Å². The standard InChI is InChI=1S/C16H17ClFNO/c1-19-15(13-4-3-5-14(17)16(13)18)10-11-6-8-12(20-2)9-7-11/h3-9,15,19H,10H2,1-2H3. The highest BCUT2D eigenvalue weighted by Crippen LogP contribution is 2.26. The molecule has 1 atom stereocenters. The summed E-state index contributed by atoms with van der Waals surface area (Å²) in [6.45, 7) is 0. The second kappa shape index (κ2) is 6.73. The molecule has 0 radical (unpaired) electrons. The fourth-order valence-electron chi connectivity index (χ4n) is 2.15. The summed E-state index contributed by atoms with van der Waals surface area (Å²) in [7, 11) is 3.45. The van der Waals surface area contributed by atoms with Crippen LogP contribution in [0.15, 0.2) is 42.5 Å². The Hall–Kier alpha value is -1.58. The molecule has 0 aliphatic carbocycles. The molecule has 0 bridgehead atoms. The lowest BCUT2D eigenvalue weighted by atomic mass is 9.98. The molecular formula is C16H17ClFNO. The number of hydrogen-bond acceptors (Lipinski definition) is 2. The Morgan fingerprint density at radius 1 is 1.20 bits per heavy atom. The van der Waals surface area contributed by atoms with Crippen LogP contribution in [0.4, 0.5) is 4.39 Å². The summed E-state index contributed by atoms with van der Waals surface area (Å²) >= 11 is 5.84.